The Morgan fingerprint density at radius 1 is 1.32 bits per heavy atom. The van der Waals surface area contributed by atoms with Crippen LogP contribution < -0.4 is 0 Å². The molecule has 0 saturated carbocycles. The molecule has 5 heteroatoms. The van der Waals surface area contributed by atoms with E-state index >= 15 is 0 Å². The van der Waals surface area contributed by atoms with Crippen LogP contribution in [-0.4, -0.2) is 27.4 Å². The Morgan fingerprint density at radius 3 is 2.32 bits per heavy atom. The van der Waals surface area contributed by atoms with Crippen molar-refractivity contribution in [3.05, 3.63) is 35.4 Å². The van der Waals surface area contributed by atoms with Gasteiger partial charge >= 0.3 is 5.97 Å². The number of ether oxygens (including phenoxy) is 1. The summed E-state index contributed by atoms with van der Waals surface area (Å²) in [6.07, 6.45) is 5.11. The van der Waals surface area contributed by atoms with E-state index in [2.05, 4.69) is 6.58 Å². The molecule has 1 aromatic rings. The summed E-state index contributed by atoms with van der Waals surface area (Å²) >= 11 is 0. The lowest BCUT2D eigenvalue weighted by Gasteiger charge is -2.08. The molecule has 0 unspecified atom stereocenters. The Bertz CT molecular complexity index is 523. The Kier molecular flexibility index (Phi) is 3.64. The van der Waals surface area contributed by atoms with E-state index in [4.69, 9.17) is 4.74 Å². The maximum atomic E-state index is 11.2. The Morgan fingerprint density at radius 2 is 1.84 bits per heavy atom. The van der Waals surface area contributed by atoms with E-state index in [9.17, 15) is 15.0 Å². The molecular formula is C14H17NO4. The van der Waals surface area contributed by atoms with Crippen LogP contribution >= 0.6 is 0 Å². The van der Waals surface area contributed by atoms with Crippen LogP contribution in [-0.2, 0) is 28.9 Å². The van der Waals surface area contributed by atoms with Crippen LogP contribution in [0.15, 0.2) is 24.3 Å². The first-order chi connectivity index (χ1) is 9.02. The fraction of sp³-hybridized carbons (Fsp3) is 0.357. The molecule has 0 aliphatic heterocycles. The maximum absolute atomic E-state index is 11.2. The molecule has 0 radical (unpaired) electrons. The van der Waals surface area contributed by atoms with Crippen molar-refractivity contribution in [3.63, 3.8) is 0 Å². The molecular weight excluding hydrogens is 246 g/mol. The summed E-state index contributed by atoms with van der Waals surface area (Å²) in [5, 5.41) is 20.1. The lowest BCUT2D eigenvalue weighted by atomic mass is 10.0. The predicted molar refractivity (Wildman–Crippen MR) is 70.1 cm³/mol. The number of aromatic hydroxyl groups is 2. The smallest absolute Gasteiger partial charge is 0.333 e. The van der Waals surface area contributed by atoms with Gasteiger partial charge in [0.2, 0.25) is 0 Å². The molecule has 2 N–H and O–H groups in total. The van der Waals surface area contributed by atoms with Crippen molar-refractivity contribution in [2.24, 2.45) is 0 Å². The lowest BCUT2D eigenvalue weighted by Crippen LogP contribution is -2.11. The van der Waals surface area contributed by atoms with Crippen LogP contribution in [0, 0.1) is 0 Å². The quantitative estimate of drug-likeness (QED) is 0.492. The average molecular weight is 263 g/mol. The van der Waals surface area contributed by atoms with Gasteiger partial charge in [0.1, 0.15) is 6.61 Å². The van der Waals surface area contributed by atoms with Crippen LogP contribution in [0.25, 0.3) is 0 Å². The topological polar surface area (TPSA) is 71.7 Å². The highest BCUT2D eigenvalue weighted by Gasteiger charge is 2.22. The highest BCUT2D eigenvalue weighted by molar-refractivity contribution is 5.86. The molecule has 5 nitrogen and oxygen atoms in total. The molecule has 0 fully saturated rings. The number of nitrogens with zero attached hydrogens (tertiary/aromatic N) is 1. The lowest BCUT2D eigenvalue weighted by molar-refractivity contribution is -0.139. The molecule has 102 valence electrons. The number of esters is 1. The molecule has 1 aliphatic rings. The average Bonchev–Trinajstić information content (AvgIpc) is 2.64. The minimum Gasteiger partial charge on any atom is -0.494 e. The zero-order valence-electron chi connectivity index (χ0n) is 10.8. The Labute approximate surface area is 111 Å². The van der Waals surface area contributed by atoms with E-state index in [0.29, 0.717) is 18.4 Å². The fourth-order valence-corrected chi connectivity index (χ4v) is 2.09. The Balaban J connectivity index is 2.07. The summed E-state index contributed by atoms with van der Waals surface area (Å²) in [5.74, 6) is -0.385. The van der Waals surface area contributed by atoms with Crippen LogP contribution in [0.4, 0.5) is 0 Å². The second-order valence-corrected chi connectivity index (χ2v) is 4.55. The zero-order chi connectivity index (χ0) is 14.0. The normalized spacial score (nSPS) is 13.1. The van der Waals surface area contributed by atoms with Gasteiger partial charge in [-0.05, 0) is 19.8 Å². The van der Waals surface area contributed by atoms with E-state index in [1.54, 1.807) is 6.92 Å². The molecule has 0 atom stereocenters. The van der Waals surface area contributed by atoms with E-state index in [-0.39, 0.29) is 24.9 Å². The summed E-state index contributed by atoms with van der Waals surface area (Å²) in [6, 6.07) is 0. The highest BCUT2D eigenvalue weighted by Crippen LogP contribution is 2.36. The number of fused-ring (bicyclic) bond motifs is 1. The molecule has 0 amide bonds. The summed E-state index contributed by atoms with van der Waals surface area (Å²) in [7, 11) is 0. The maximum Gasteiger partial charge on any atom is 0.333 e. The van der Waals surface area contributed by atoms with Gasteiger partial charge in [-0.2, -0.15) is 0 Å². The standard InChI is InChI=1S/C14H17NO4/c1-9(2)14(18)19-8-7-15-12(16)10-5-3-4-6-11(10)13(15)17/h3-4,16-17H,1,5-8H2,2H3. The molecule has 0 aromatic carbocycles. The van der Waals surface area contributed by atoms with E-state index < -0.39 is 5.97 Å². The molecule has 1 aliphatic carbocycles. The first-order valence-electron chi connectivity index (χ1n) is 6.12. The van der Waals surface area contributed by atoms with Gasteiger partial charge < -0.3 is 14.9 Å². The minimum atomic E-state index is -0.474. The Hall–Kier alpha value is -2.17. The minimum absolute atomic E-state index is 0.0447. The third kappa shape index (κ3) is 2.50. The van der Waals surface area contributed by atoms with Crippen LogP contribution in [0.5, 0.6) is 11.8 Å². The number of rotatable bonds is 4. The van der Waals surface area contributed by atoms with E-state index in [1.165, 1.54) is 4.57 Å². The monoisotopic (exact) mass is 263 g/mol. The van der Waals surface area contributed by atoms with Crippen LogP contribution in [0.3, 0.4) is 0 Å². The van der Waals surface area contributed by atoms with Crippen molar-refractivity contribution in [1.29, 1.82) is 0 Å². The summed E-state index contributed by atoms with van der Waals surface area (Å²) in [4.78, 5) is 11.2. The molecule has 1 heterocycles. The van der Waals surface area contributed by atoms with Gasteiger partial charge in [0, 0.05) is 16.7 Å². The van der Waals surface area contributed by atoms with Gasteiger partial charge in [-0.15, -0.1) is 0 Å². The van der Waals surface area contributed by atoms with Crippen molar-refractivity contribution in [3.8, 4) is 11.8 Å². The summed E-state index contributed by atoms with van der Waals surface area (Å²) in [6.45, 7) is 5.34. The third-order valence-corrected chi connectivity index (χ3v) is 3.12. The van der Waals surface area contributed by atoms with Gasteiger partial charge in [-0.25, -0.2) is 4.79 Å². The highest BCUT2D eigenvalue weighted by atomic mass is 16.5. The molecule has 0 bridgehead atoms. The van der Waals surface area contributed by atoms with Crippen molar-refractivity contribution in [2.75, 3.05) is 6.61 Å². The molecule has 0 spiro atoms. The zero-order valence-corrected chi connectivity index (χ0v) is 10.8. The van der Waals surface area contributed by atoms with Crippen molar-refractivity contribution in [2.45, 2.75) is 26.3 Å². The van der Waals surface area contributed by atoms with Crippen molar-refractivity contribution in [1.82, 2.24) is 4.57 Å². The third-order valence-electron chi connectivity index (χ3n) is 3.12. The molecule has 0 saturated heterocycles. The van der Waals surface area contributed by atoms with E-state index in [1.807, 2.05) is 12.2 Å². The first kappa shape index (κ1) is 13.3. The van der Waals surface area contributed by atoms with Crippen molar-refractivity contribution >= 4 is 5.97 Å². The number of allylic oxidation sites excluding steroid dienone is 2. The summed E-state index contributed by atoms with van der Waals surface area (Å²) in [5.41, 5.74) is 1.81. The summed E-state index contributed by atoms with van der Waals surface area (Å²) < 4.78 is 6.32. The second-order valence-electron chi connectivity index (χ2n) is 4.55. The van der Waals surface area contributed by atoms with Crippen molar-refractivity contribution < 1.29 is 19.7 Å². The van der Waals surface area contributed by atoms with Crippen LogP contribution in [0.2, 0.25) is 0 Å². The number of carbonyl (C=O) groups excluding carboxylic acids is 1. The SMILES string of the molecule is C=C(C)C(=O)OCCn1c(O)c2c(c1O)CC=CC2. The molecule has 2 rings (SSSR count). The van der Waals surface area contributed by atoms with Gasteiger partial charge in [0.25, 0.3) is 0 Å². The second kappa shape index (κ2) is 5.22. The number of hydrogen-bond donors (Lipinski definition) is 2. The largest absolute Gasteiger partial charge is 0.494 e. The van der Waals surface area contributed by atoms with E-state index in [0.717, 1.165) is 11.1 Å². The number of hydrogen-bond acceptors (Lipinski definition) is 4. The fourth-order valence-electron chi connectivity index (χ4n) is 2.09. The van der Waals surface area contributed by atoms with Gasteiger partial charge in [-0.1, -0.05) is 18.7 Å². The number of aromatic nitrogens is 1. The van der Waals surface area contributed by atoms with Gasteiger partial charge in [0.15, 0.2) is 11.8 Å². The molecule has 19 heavy (non-hydrogen) atoms. The predicted octanol–water partition coefficient (Wildman–Crippen LogP) is 1.67. The van der Waals surface area contributed by atoms with Gasteiger partial charge in [-0.3, -0.25) is 4.57 Å². The number of carbonyl (C=O) groups is 1. The van der Waals surface area contributed by atoms with Gasteiger partial charge in [0.05, 0.1) is 6.54 Å². The van der Waals surface area contributed by atoms with Crippen LogP contribution in [0.1, 0.15) is 18.1 Å². The molecule has 1 aromatic heterocycles. The first-order valence-corrected chi connectivity index (χ1v) is 6.12.